The van der Waals surface area contributed by atoms with Gasteiger partial charge in [-0.2, -0.15) is 0 Å². The molecular weight excluding hydrogens is 625 g/mol. The summed E-state index contributed by atoms with van der Waals surface area (Å²) in [4.78, 5) is 24.6. The summed E-state index contributed by atoms with van der Waals surface area (Å²) in [6.07, 6.45) is 11.1. The second-order valence-electron chi connectivity index (χ2n) is 12.5. The molecule has 6 nitrogen and oxygen atoms in total. The van der Waals surface area contributed by atoms with Crippen molar-refractivity contribution in [2.45, 2.75) is 12.3 Å². The largest absolute Gasteiger partial charge is 0.291 e. The van der Waals surface area contributed by atoms with E-state index < -0.39 is 0 Å². The summed E-state index contributed by atoms with van der Waals surface area (Å²) >= 11 is 0. The van der Waals surface area contributed by atoms with Crippen LogP contribution in [0.5, 0.6) is 0 Å². The van der Waals surface area contributed by atoms with Gasteiger partial charge in [0, 0.05) is 28.9 Å². The van der Waals surface area contributed by atoms with E-state index in [9.17, 15) is 0 Å². The number of rotatable bonds is 7. The maximum atomic E-state index is 5.01. The second-order valence-corrected chi connectivity index (χ2v) is 12.5. The molecule has 1 aliphatic carbocycles. The number of imidazole rings is 1. The first-order chi connectivity index (χ1) is 25.3. The average molecular weight is 657 g/mol. The van der Waals surface area contributed by atoms with Gasteiger partial charge >= 0.3 is 0 Å². The summed E-state index contributed by atoms with van der Waals surface area (Å²) in [5.74, 6) is 3.01. The summed E-state index contributed by atoms with van der Waals surface area (Å²) < 4.78 is 2.19. The molecule has 0 amide bonds. The summed E-state index contributed by atoms with van der Waals surface area (Å²) in [7, 11) is 0. The number of nitrogens with zero attached hydrogens (tertiary/aromatic N) is 6. The van der Waals surface area contributed by atoms with Crippen LogP contribution in [0.15, 0.2) is 176 Å². The minimum absolute atomic E-state index is 0.0938. The highest BCUT2D eigenvalue weighted by atomic mass is 15.1. The molecule has 0 saturated carbocycles. The number of hydrogen-bond donors (Lipinski definition) is 0. The van der Waals surface area contributed by atoms with Gasteiger partial charge in [0.05, 0.1) is 11.0 Å². The van der Waals surface area contributed by atoms with E-state index in [2.05, 4.69) is 137 Å². The molecule has 0 saturated heterocycles. The lowest BCUT2D eigenvalue weighted by molar-refractivity contribution is 0.764. The van der Waals surface area contributed by atoms with Crippen LogP contribution in [0.2, 0.25) is 0 Å². The van der Waals surface area contributed by atoms with E-state index >= 15 is 0 Å². The van der Waals surface area contributed by atoms with Crippen LogP contribution in [-0.4, -0.2) is 29.5 Å². The van der Waals surface area contributed by atoms with Gasteiger partial charge in [-0.25, -0.2) is 19.9 Å². The lowest BCUT2D eigenvalue weighted by atomic mass is 9.99. The standard InChI is InChI=1S/C45H32N6/c1-3-12-31(13-4-1)32-21-25-35(26-22-32)43-48-42(34-14-5-2-6-15-34)49-44(50-43)36-27-23-33(24-28-36)37-16-11-17-38(30-37)51-41-20-8-7-18-39(41)47-45(51)40-19-9-10-29-46-40/h1-14,16-30,34H,15H2. The van der Waals surface area contributed by atoms with Crippen molar-refractivity contribution in [1.29, 1.82) is 0 Å². The Bertz CT molecular complexity index is 2530. The van der Waals surface area contributed by atoms with Crippen molar-refractivity contribution in [1.82, 2.24) is 29.5 Å². The molecule has 0 bridgehead atoms. The Morgan fingerprint density at radius 1 is 0.510 bits per heavy atom. The van der Waals surface area contributed by atoms with Crippen molar-refractivity contribution in [3.05, 3.63) is 182 Å². The molecule has 8 aromatic rings. The summed E-state index contributed by atoms with van der Waals surface area (Å²) in [5.41, 5.74) is 10.2. The fraction of sp³-hybridized carbons (Fsp3) is 0.0444. The lowest BCUT2D eigenvalue weighted by Crippen LogP contribution is -2.07. The van der Waals surface area contributed by atoms with Crippen LogP contribution >= 0.6 is 0 Å². The molecule has 242 valence electrons. The molecule has 6 heteroatoms. The van der Waals surface area contributed by atoms with Crippen LogP contribution in [0.1, 0.15) is 18.2 Å². The SMILES string of the molecule is C1=CCC(c2nc(-c3ccc(-c4ccccc4)cc3)nc(-c3ccc(-c4cccc(-n5c(-c6ccccn6)nc6ccccc65)c4)cc3)n2)C=C1. The van der Waals surface area contributed by atoms with E-state index in [0.29, 0.717) is 11.6 Å². The Hall–Kier alpha value is -6.79. The number of para-hydroxylation sites is 2. The molecule has 0 fully saturated rings. The van der Waals surface area contributed by atoms with Crippen molar-refractivity contribution in [3.8, 4) is 62.2 Å². The number of aromatic nitrogens is 6. The van der Waals surface area contributed by atoms with Gasteiger partial charge in [0.15, 0.2) is 17.5 Å². The molecule has 0 N–H and O–H groups in total. The van der Waals surface area contributed by atoms with Crippen LogP contribution in [0.25, 0.3) is 73.3 Å². The number of allylic oxidation sites excluding steroid dienone is 4. The van der Waals surface area contributed by atoms with Crippen LogP contribution in [-0.2, 0) is 0 Å². The zero-order valence-electron chi connectivity index (χ0n) is 27.7. The fourth-order valence-electron chi connectivity index (χ4n) is 6.62. The Labute approximate surface area is 296 Å². The Morgan fingerprint density at radius 3 is 1.86 bits per heavy atom. The van der Waals surface area contributed by atoms with E-state index in [1.807, 2.05) is 42.5 Å². The zero-order valence-corrected chi connectivity index (χ0v) is 27.7. The highest BCUT2D eigenvalue weighted by Gasteiger charge is 2.18. The van der Waals surface area contributed by atoms with Crippen LogP contribution in [0.4, 0.5) is 0 Å². The van der Waals surface area contributed by atoms with E-state index in [1.54, 1.807) is 6.20 Å². The summed E-state index contributed by atoms with van der Waals surface area (Å²) in [5, 5.41) is 0. The summed E-state index contributed by atoms with van der Waals surface area (Å²) in [6, 6.07) is 50.0. The zero-order chi connectivity index (χ0) is 34.0. The van der Waals surface area contributed by atoms with E-state index in [0.717, 1.165) is 68.3 Å². The number of hydrogen-bond acceptors (Lipinski definition) is 5. The van der Waals surface area contributed by atoms with Crippen molar-refractivity contribution in [3.63, 3.8) is 0 Å². The molecular formula is C45H32N6. The molecule has 0 aliphatic heterocycles. The molecule has 1 aliphatic rings. The molecule has 3 heterocycles. The fourth-order valence-corrected chi connectivity index (χ4v) is 6.62. The molecule has 1 unspecified atom stereocenters. The first-order valence-corrected chi connectivity index (χ1v) is 17.1. The minimum atomic E-state index is 0.0938. The molecule has 3 aromatic heterocycles. The van der Waals surface area contributed by atoms with Crippen LogP contribution in [0.3, 0.4) is 0 Å². The second kappa shape index (κ2) is 13.3. The van der Waals surface area contributed by atoms with Crippen molar-refractivity contribution in [2.24, 2.45) is 0 Å². The summed E-state index contributed by atoms with van der Waals surface area (Å²) in [6.45, 7) is 0. The van der Waals surface area contributed by atoms with Gasteiger partial charge in [-0.15, -0.1) is 0 Å². The van der Waals surface area contributed by atoms with E-state index in [1.165, 1.54) is 5.56 Å². The van der Waals surface area contributed by atoms with Gasteiger partial charge in [-0.05, 0) is 65.1 Å². The van der Waals surface area contributed by atoms with Gasteiger partial charge in [0.25, 0.3) is 0 Å². The van der Waals surface area contributed by atoms with Gasteiger partial charge in [0.2, 0.25) is 0 Å². The third kappa shape index (κ3) is 6.04. The van der Waals surface area contributed by atoms with Crippen LogP contribution in [0, 0.1) is 0 Å². The Kier molecular flexibility index (Phi) is 7.87. The third-order valence-electron chi connectivity index (χ3n) is 9.25. The topological polar surface area (TPSA) is 69.4 Å². The maximum Gasteiger partial charge on any atom is 0.164 e. The molecule has 51 heavy (non-hydrogen) atoms. The highest BCUT2D eigenvalue weighted by Crippen LogP contribution is 2.32. The Balaban J connectivity index is 1.07. The third-order valence-corrected chi connectivity index (χ3v) is 9.25. The monoisotopic (exact) mass is 656 g/mol. The van der Waals surface area contributed by atoms with Gasteiger partial charge in [-0.1, -0.05) is 133 Å². The quantitative estimate of drug-likeness (QED) is 0.171. The Morgan fingerprint density at radius 2 is 1.16 bits per heavy atom. The first kappa shape index (κ1) is 30.3. The molecule has 0 radical (unpaired) electrons. The molecule has 5 aromatic carbocycles. The van der Waals surface area contributed by atoms with Gasteiger partial charge in [-0.3, -0.25) is 9.55 Å². The van der Waals surface area contributed by atoms with Crippen molar-refractivity contribution in [2.75, 3.05) is 0 Å². The van der Waals surface area contributed by atoms with E-state index in [-0.39, 0.29) is 5.92 Å². The number of pyridine rings is 1. The number of fused-ring (bicyclic) bond motifs is 1. The predicted molar refractivity (Wildman–Crippen MR) is 205 cm³/mol. The molecule has 9 rings (SSSR count). The molecule has 0 spiro atoms. The molecule has 1 atom stereocenters. The van der Waals surface area contributed by atoms with Crippen LogP contribution < -0.4 is 0 Å². The lowest BCUT2D eigenvalue weighted by Gasteiger charge is -2.15. The normalized spacial score (nSPS) is 13.8. The minimum Gasteiger partial charge on any atom is -0.291 e. The van der Waals surface area contributed by atoms with Crippen molar-refractivity contribution < 1.29 is 0 Å². The van der Waals surface area contributed by atoms with Gasteiger partial charge < -0.3 is 0 Å². The smallest absolute Gasteiger partial charge is 0.164 e. The highest BCUT2D eigenvalue weighted by molar-refractivity contribution is 5.83. The van der Waals surface area contributed by atoms with Crippen molar-refractivity contribution >= 4 is 11.0 Å². The predicted octanol–water partition coefficient (Wildman–Crippen LogP) is 10.5. The number of benzene rings is 5. The average Bonchev–Trinajstić information content (AvgIpc) is 3.62. The first-order valence-electron chi connectivity index (χ1n) is 17.1. The maximum absolute atomic E-state index is 5.01. The van der Waals surface area contributed by atoms with Gasteiger partial charge in [0.1, 0.15) is 11.5 Å². The van der Waals surface area contributed by atoms with E-state index in [4.69, 9.17) is 19.9 Å².